The minimum absolute atomic E-state index is 0.0964. The largest absolute Gasteiger partial charge is 0.453 e. The maximum Gasteiger partial charge on any atom is 0.407 e. The van der Waals surface area contributed by atoms with Crippen LogP contribution in [0.4, 0.5) is 4.79 Å². The summed E-state index contributed by atoms with van der Waals surface area (Å²) in [5.74, 6) is 3.08. The van der Waals surface area contributed by atoms with E-state index in [-0.39, 0.29) is 23.7 Å². The van der Waals surface area contributed by atoms with Gasteiger partial charge >= 0.3 is 6.09 Å². The van der Waals surface area contributed by atoms with Crippen LogP contribution >= 0.6 is 0 Å². The fourth-order valence-corrected chi connectivity index (χ4v) is 8.20. The lowest BCUT2D eigenvalue weighted by molar-refractivity contribution is -0.121. The number of amides is 1. The minimum atomic E-state index is -0.500. The number of carbonyl (C=O) groups is 2. The summed E-state index contributed by atoms with van der Waals surface area (Å²) in [5.41, 5.74) is 8.62. The number of ether oxygens (including phenoxy) is 1. The summed E-state index contributed by atoms with van der Waals surface area (Å²) < 4.78 is 7.03. The number of aromatic nitrogens is 5. The van der Waals surface area contributed by atoms with Crippen LogP contribution in [0.5, 0.6) is 0 Å². The third kappa shape index (κ3) is 4.98. The summed E-state index contributed by atoms with van der Waals surface area (Å²) in [4.78, 5) is 42.3. The monoisotopic (exact) mass is 627 g/mol. The number of aryl methyl sites for hydroxylation is 1. The molecule has 47 heavy (non-hydrogen) atoms. The molecule has 1 saturated carbocycles. The third-order valence-corrected chi connectivity index (χ3v) is 10.8. The second kappa shape index (κ2) is 11.1. The molecule has 0 spiro atoms. The van der Waals surface area contributed by atoms with Gasteiger partial charge in [-0.1, -0.05) is 48.5 Å². The van der Waals surface area contributed by atoms with Gasteiger partial charge in [0.05, 0.1) is 42.9 Å². The van der Waals surface area contributed by atoms with Gasteiger partial charge in [0, 0.05) is 36.8 Å². The van der Waals surface area contributed by atoms with Crippen LogP contribution in [-0.2, 0) is 22.5 Å². The standard InChI is InChI=1S/C37H37N7O3/c1-47-37(46)43-28-11-10-24-12-13-44-19-26(15-31(45)32(28)34(24)44)35-39-17-29(41-35)22-6-2-20(3-7-22)21-4-8-23(9-5-21)30-18-40-36(42-30)33-27-14-25(27)16-38-33/h2-9,12-13,17-18,25-28,32-33,38H,10-11,14-16,19H2,1H3,(H,39,41)(H,40,42)(H,43,46)/t25?,26-,27-,28-,32?,33?/m0/s1. The van der Waals surface area contributed by atoms with Crippen LogP contribution in [0.15, 0.2) is 73.2 Å². The minimum Gasteiger partial charge on any atom is -0.453 e. The molecule has 9 rings (SSSR count). The first-order chi connectivity index (χ1) is 23.0. The van der Waals surface area contributed by atoms with Crippen LogP contribution in [0.25, 0.3) is 33.6 Å². The van der Waals surface area contributed by atoms with Crippen molar-refractivity contribution in [3.8, 4) is 33.6 Å². The molecule has 0 bridgehead atoms. The quantitative estimate of drug-likeness (QED) is 0.190. The van der Waals surface area contributed by atoms with E-state index >= 15 is 0 Å². The van der Waals surface area contributed by atoms with E-state index in [1.54, 1.807) is 0 Å². The van der Waals surface area contributed by atoms with Gasteiger partial charge in [0.2, 0.25) is 0 Å². The van der Waals surface area contributed by atoms with Crippen molar-refractivity contribution in [2.75, 3.05) is 13.7 Å². The molecule has 2 aliphatic carbocycles. The molecule has 2 fully saturated rings. The Morgan fingerprint density at radius 3 is 2.21 bits per heavy atom. The van der Waals surface area contributed by atoms with Crippen molar-refractivity contribution < 1.29 is 14.3 Å². The Bertz CT molecular complexity index is 1970. The van der Waals surface area contributed by atoms with E-state index in [9.17, 15) is 9.59 Å². The second-order valence-corrected chi connectivity index (χ2v) is 13.6. The van der Waals surface area contributed by atoms with Gasteiger partial charge in [-0.3, -0.25) is 4.79 Å². The number of ketones is 1. The number of imidazole rings is 2. The molecular weight excluding hydrogens is 590 g/mol. The number of rotatable bonds is 6. The fourth-order valence-electron chi connectivity index (χ4n) is 8.20. The Balaban J connectivity index is 0.899. The van der Waals surface area contributed by atoms with Gasteiger partial charge in [0.1, 0.15) is 17.4 Å². The van der Waals surface area contributed by atoms with Crippen molar-refractivity contribution >= 4 is 11.9 Å². The highest BCUT2D eigenvalue weighted by Crippen LogP contribution is 2.51. The number of methoxy groups -OCH3 is 1. The molecule has 4 aliphatic rings. The van der Waals surface area contributed by atoms with Crippen LogP contribution in [0.3, 0.4) is 0 Å². The molecule has 3 aromatic heterocycles. The number of fused-ring (bicyclic) bond motifs is 1. The summed E-state index contributed by atoms with van der Waals surface area (Å²) in [6.07, 6.45) is 8.58. The lowest BCUT2D eigenvalue weighted by atomic mass is 9.79. The van der Waals surface area contributed by atoms with Crippen molar-refractivity contribution in [3.05, 3.63) is 96.1 Å². The molecule has 0 radical (unpaired) electrons. The lowest BCUT2D eigenvalue weighted by Crippen LogP contribution is -2.44. The fraction of sp³-hybridized carbons (Fsp3) is 0.351. The van der Waals surface area contributed by atoms with E-state index in [1.807, 2.05) is 12.4 Å². The second-order valence-electron chi connectivity index (χ2n) is 13.6. The number of hydrogen-bond donors (Lipinski definition) is 4. The summed E-state index contributed by atoms with van der Waals surface area (Å²) in [6.45, 7) is 1.76. The Morgan fingerprint density at radius 1 is 0.915 bits per heavy atom. The highest BCUT2D eigenvalue weighted by atomic mass is 16.5. The maximum atomic E-state index is 13.7. The number of aromatic amines is 2. The summed E-state index contributed by atoms with van der Waals surface area (Å²) in [5, 5.41) is 6.51. The molecule has 4 N–H and O–H groups in total. The average molecular weight is 628 g/mol. The van der Waals surface area contributed by atoms with E-state index in [4.69, 9.17) is 9.72 Å². The molecule has 6 atom stereocenters. The Morgan fingerprint density at radius 2 is 1.57 bits per heavy atom. The van der Waals surface area contributed by atoms with Crippen LogP contribution < -0.4 is 10.6 Å². The first kappa shape index (κ1) is 28.3. The first-order valence-electron chi connectivity index (χ1n) is 16.6. The molecule has 3 unspecified atom stereocenters. The third-order valence-electron chi connectivity index (χ3n) is 10.8. The molecular formula is C37H37N7O3. The molecule has 2 aromatic carbocycles. The summed E-state index contributed by atoms with van der Waals surface area (Å²) in [6, 6.07) is 19.3. The number of Topliss-reactive ketones (excluding diaryl/α,β-unsaturated/α-hetero) is 1. The van der Waals surface area contributed by atoms with Gasteiger partial charge < -0.3 is 29.9 Å². The topological polar surface area (TPSA) is 130 Å². The zero-order valence-corrected chi connectivity index (χ0v) is 26.2. The lowest BCUT2D eigenvalue weighted by Gasteiger charge is -2.31. The zero-order chi connectivity index (χ0) is 31.6. The predicted molar refractivity (Wildman–Crippen MR) is 177 cm³/mol. The smallest absolute Gasteiger partial charge is 0.407 e. The van der Waals surface area contributed by atoms with Crippen molar-refractivity contribution in [2.24, 2.45) is 11.8 Å². The Hall–Kier alpha value is -4.96. The molecule has 238 valence electrons. The van der Waals surface area contributed by atoms with E-state index in [0.29, 0.717) is 25.4 Å². The number of nitrogens with zero attached hydrogens (tertiary/aromatic N) is 3. The van der Waals surface area contributed by atoms with E-state index in [1.165, 1.54) is 19.1 Å². The van der Waals surface area contributed by atoms with Crippen molar-refractivity contribution in [1.82, 2.24) is 35.1 Å². The summed E-state index contributed by atoms with van der Waals surface area (Å²) in [7, 11) is 1.35. The van der Waals surface area contributed by atoms with Gasteiger partial charge in [-0.2, -0.15) is 0 Å². The van der Waals surface area contributed by atoms with Gasteiger partial charge in [0.15, 0.2) is 0 Å². The molecule has 10 nitrogen and oxygen atoms in total. The molecule has 2 aliphatic heterocycles. The predicted octanol–water partition coefficient (Wildman–Crippen LogP) is 5.73. The number of H-pyrrole nitrogens is 2. The molecule has 5 heterocycles. The van der Waals surface area contributed by atoms with Crippen LogP contribution in [-0.4, -0.2) is 56.1 Å². The van der Waals surface area contributed by atoms with Gasteiger partial charge in [-0.15, -0.1) is 0 Å². The number of benzene rings is 2. The number of hydrogen-bond acceptors (Lipinski definition) is 6. The van der Waals surface area contributed by atoms with E-state index in [2.05, 4.69) is 90.9 Å². The van der Waals surface area contributed by atoms with Gasteiger partial charge in [-0.25, -0.2) is 14.8 Å². The van der Waals surface area contributed by atoms with Crippen molar-refractivity contribution in [1.29, 1.82) is 0 Å². The highest BCUT2D eigenvalue weighted by molar-refractivity contribution is 5.88. The van der Waals surface area contributed by atoms with Crippen molar-refractivity contribution in [2.45, 2.75) is 56.1 Å². The number of piperidine rings is 1. The highest BCUT2D eigenvalue weighted by Gasteiger charge is 2.49. The normalized spacial score (nSPS) is 25.9. The number of alkyl carbamates (subject to hydrolysis) is 1. The van der Waals surface area contributed by atoms with Crippen LogP contribution in [0.2, 0.25) is 0 Å². The van der Waals surface area contributed by atoms with Crippen LogP contribution in [0.1, 0.15) is 60.0 Å². The number of carbonyl (C=O) groups excluding carboxylic acids is 2. The average Bonchev–Trinajstić information content (AvgIpc) is 3.56. The van der Waals surface area contributed by atoms with E-state index in [0.717, 1.165) is 75.8 Å². The molecule has 10 heteroatoms. The molecule has 1 saturated heterocycles. The maximum absolute atomic E-state index is 13.7. The zero-order valence-electron chi connectivity index (χ0n) is 26.2. The van der Waals surface area contributed by atoms with Gasteiger partial charge in [-0.05, 0) is 71.5 Å². The summed E-state index contributed by atoms with van der Waals surface area (Å²) >= 11 is 0. The van der Waals surface area contributed by atoms with E-state index < -0.39 is 6.09 Å². The Labute approximate surface area is 272 Å². The van der Waals surface area contributed by atoms with Gasteiger partial charge in [0.25, 0.3) is 0 Å². The number of nitrogens with one attached hydrogen (secondary N) is 4. The van der Waals surface area contributed by atoms with Crippen LogP contribution in [0, 0.1) is 11.8 Å². The first-order valence-corrected chi connectivity index (χ1v) is 16.6. The molecule has 5 aromatic rings. The Kier molecular flexibility index (Phi) is 6.67. The SMILES string of the molecule is COC(=O)N[C@H]1CCc2ccn3c2C1C(=O)C[C@H](c1ncc(-c2ccc(-c4ccc(-c5cnc(C6NCC7C[C@@H]76)[nH]5)cc4)cc2)[nH]1)C3. The molecule has 1 amide bonds. The van der Waals surface area contributed by atoms with Crippen molar-refractivity contribution in [3.63, 3.8) is 0 Å².